The first-order chi connectivity index (χ1) is 20.1. The summed E-state index contributed by atoms with van der Waals surface area (Å²) in [5, 5.41) is 6.02. The number of rotatable bonds is 7. The van der Waals surface area contributed by atoms with Gasteiger partial charge in [0.2, 0.25) is 17.7 Å². The van der Waals surface area contributed by atoms with Gasteiger partial charge in [-0.2, -0.15) is 0 Å². The van der Waals surface area contributed by atoms with E-state index in [0.29, 0.717) is 36.7 Å². The second kappa shape index (κ2) is 11.5. The number of anilines is 1. The number of hydrogen-bond donors (Lipinski definition) is 2. The fourth-order valence-corrected chi connectivity index (χ4v) is 8.26. The van der Waals surface area contributed by atoms with Crippen molar-refractivity contribution in [3.05, 3.63) is 41.2 Å². The van der Waals surface area contributed by atoms with Crippen molar-refractivity contribution in [2.75, 3.05) is 25.0 Å². The highest BCUT2D eigenvalue weighted by atomic mass is 35.5. The summed E-state index contributed by atoms with van der Waals surface area (Å²) in [6.07, 6.45) is 9.56. The van der Waals surface area contributed by atoms with Crippen LogP contribution in [0.1, 0.15) is 59.3 Å². The van der Waals surface area contributed by atoms with Crippen molar-refractivity contribution >= 4 is 35.0 Å². The second-order valence-corrected chi connectivity index (χ2v) is 13.5. The highest BCUT2D eigenvalue weighted by Crippen LogP contribution is 2.55. The van der Waals surface area contributed by atoms with E-state index >= 15 is 0 Å². The maximum absolute atomic E-state index is 14.3. The van der Waals surface area contributed by atoms with Crippen molar-refractivity contribution in [3.8, 4) is 0 Å². The van der Waals surface area contributed by atoms with E-state index < -0.39 is 41.3 Å². The lowest BCUT2D eigenvalue weighted by atomic mass is 9.73. The van der Waals surface area contributed by atoms with Crippen LogP contribution in [-0.2, 0) is 19.1 Å². The smallest absolute Gasteiger partial charge is 0.246 e. The molecule has 4 heterocycles. The minimum absolute atomic E-state index is 0.0284. The predicted octanol–water partition coefficient (Wildman–Crippen LogP) is 4.38. The van der Waals surface area contributed by atoms with E-state index in [9.17, 15) is 18.8 Å². The standard InChI is InChI=1S/C32H42ClFN4O4/c1-18-7-6-9-24(20(18)3)36-30(40)28-32-13-12-25(42-32)26(29(39)35-21-10-11-23(34)22(33)17-21)27(32)31(41)38(28)16-15-37-14-5-4-8-19(37)2/h10-13,17-20,24-28H,4-9,14-16H2,1-3H3,(H,35,39)(H,36,40)/t18-,19+,20+,24+,25+,26+,27+,28+,32+/m1/s1. The third-order valence-corrected chi connectivity index (χ3v) is 11.0. The Morgan fingerprint density at radius 1 is 1.10 bits per heavy atom. The molecule has 9 atom stereocenters. The second-order valence-electron chi connectivity index (χ2n) is 13.1. The minimum atomic E-state index is -1.22. The molecule has 6 rings (SSSR count). The summed E-state index contributed by atoms with van der Waals surface area (Å²) in [6.45, 7) is 8.64. The van der Waals surface area contributed by atoms with Crippen LogP contribution < -0.4 is 10.6 Å². The summed E-state index contributed by atoms with van der Waals surface area (Å²) in [5.41, 5.74) is -0.881. The summed E-state index contributed by atoms with van der Waals surface area (Å²) in [6, 6.07) is 3.55. The van der Waals surface area contributed by atoms with E-state index in [1.165, 1.54) is 24.6 Å². The molecule has 5 aliphatic rings. The van der Waals surface area contributed by atoms with Gasteiger partial charge in [-0.05, 0) is 62.8 Å². The molecule has 8 nitrogen and oxygen atoms in total. The molecule has 4 aliphatic heterocycles. The molecule has 4 fully saturated rings. The van der Waals surface area contributed by atoms with Crippen molar-refractivity contribution in [2.45, 2.75) is 89.1 Å². The zero-order chi connectivity index (χ0) is 29.8. The Kier molecular flexibility index (Phi) is 8.13. The number of hydrogen-bond acceptors (Lipinski definition) is 5. The van der Waals surface area contributed by atoms with Crippen LogP contribution in [0, 0.1) is 29.5 Å². The number of halogens is 2. The van der Waals surface area contributed by atoms with Gasteiger partial charge in [0.15, 0.2) is 0 Å². The van der Waals surface area contributed by atoms with Gasteiger partial charge in [-0.15, -0.1) is 0 Å². The number of carbonyl (C=O) groups is 3. The number of nitrogens with zero attached hydrogens (tertiary/aromatic N) is 2. The van der Waals surface area contributed by atoms with Crippen molar-refractivity contribution in [3.63, 3.8) is 0 Å². The molecule has 0 unspecified atom stereocenters. The fraction of sp³-hybridized carbons (Fsp3) is 0.656. The van der Waals surface area contributed by atoms with Gasteiger partial charge < -0.3 is 20.3 Å². The van der Waals surface area contributed by atoms with Crippen LogP contribution >= 0.6 is 11.6 Å². The first-order valence-corrected chi connectivity index (χ1v) is 16.0. The van der Waals surface area contributed by atoms with E-state index in [-0.39, 0.29) is 22.9 Å². The molecule has 1 aromatic rings. The van der Waals surface area contributed by atoms with Gasteiger partial charge in [-0.25, -0.2) is 4.39 Å². The first kappa shape index (κ1) is 29.6. The molecule has 0 aromatic heterocycles. The number of carbonyl (C=O) groups excluding carboxylic acids is 3. The van der Waals surface area contributed by atoms with E-state index in [1.54, 1.807) is 4.90 Å². The number of ether oxygens (including phenoxy) is 1. The molecular formula is C32H42ClFN4O4. The fourth-order valence-electron chi connectivity index (χ4n) is 8.08. The average Bonchev–Trinajstić information content (AvgIpc) is 3.60. The van der Waals surface area contributed by atoms with E-state index in [2.05, 4.69) is 36.3 Å². The van der Waals surface area contributed by atoms with E-state index in [0.717, 1.165) is 38.6 Å². The monoisotopic (exact) mass is 600 g/mol. The molecule has 1 aromatic carbocycles. The summed E-state index contributed by atoms with van der Waals surface area (Å²) >= 11 is 5.94. The van der Waals surface area contributed by atoms with Crippen LogP contribution in [0.2, 0.25) is 5.02 Å². The van der Waals surface area contributed by atoms with Gasteiger partial charge in [-0.3, -0.25) is 19.3 Å². The van der Waals surface area contributed by atoms with Crippen LogP contribution in [0.3, 0.4) is 0 Å². The zero-order valence-electron chi connectivity index (χ0n) is 24.7. The third kappa shape index (κ3) is 5.05. The zero-order valence-corrected chi connectivity index (χ0v) is 25.4. The highest BCUT2D eigenvalue weighted by Gasteiger charge is 2.72. The Morgan fingerprint density at radius 3 is 2.67 bits per heavy atom. The Morgan fingerprint density at radius 2 is 1.90 bits per heavy atom. The van der Waals surface area contributed by atoms with E-state index in [4.69, 9.17) is 16.3 Å². The van der Waals surface area contributed by atoms with Crippen molar-refractivity contribution in [2.24, 2.45) is 23.7 Å². The molecule has 0 radical (unpaired) electrons. The molecule has 228 valence electrons. The maximum Gasteiger partial charge on any atom is 0.246 e. The van der Waals surface area contributed by atoms with Gasteiger partial charge in [0.25, 0.3) is 0 Å². The summed E-state index contributed by atoms with van der Waals surface area (Å²) in [5.74, 6) is -2.26. The van der Waals surface area contributed by atoms with Crippen LogP contribution in [-0.4, -0.2) is 77.0 Å². The molecule has 2 N–H and O–H groups in total. The predicted molar refractivity (Wildman–Crippen MR) is 158 cm³/mol. The van der Waals surface area contributed by atoms with Crippen LogP contribution in [0.4, 0.5) is 10.1 Å². The van der Waals surface area contributed by atoms with Crippen molar-refractivity contribution in [1.29, 1.82) is 0 Å². The largest absolute Gasteiger partial charge is 0.359 e. The van der Waals surface area contributed by atoms with Gasteiger partial charge in [0.05, 0.1) is 23.0 Å². The van der Waals surface area contributed by atoms with E-state index in [1.807, 2.05) is 12.2 Å². The number of nitrogens with one attached hydrogen (secondary N) is 2. The lowest BCUT2D eigenvalue weighted by molar-refractivity contribution is -0.142. The molecule has 1 aliphatic carbocycles. The molecular weight excluding hydrogens is 559 g/mol. The average molecular weight is 601 g/mol. The number of fused-ring (bicyclic) bond motifs is 1. The lowest BCUT2D eigenvalue weighted by Gasteiger charge is -2.39. The first-order valence-electron chi connectivity index (χ1n) is 15.6. The highest BCUT2D eigenvalue weighted by molar-refractivity contribution is 6.31. The van der Waals surface area contributed by atoms with Crippen LogP contribution in [0.15, 0.2) is 30.4 Å². The normalized spacial score (nSPS) is 37.6. The Balaban J connectivity index is 1.28. The quantitative estimate of drug-likeness (QED) is 0.453. The van der Waals surface area contributed by atoms with Crippen LogP contribution in [0.25, 0.3) is 0 Å². The van der Waals surface area contributed by atoms with Gasteiger partial charge in [0.1, 0.15) is 17.5 Å². The molecule has 1 spiro atoms. The number of amides is 3. The topological polar surface area (TPSA) is 91.0 Å². The number of piperidine rings is 1. The van der Waals surface area contributed by atoms with Gasteiger partial charge in [0, 0.05) is 30.9 Å². The lowest BCUT2D eigenvalue weighted by Crippen LogP contribution is -2.58. The summed E-state index contributed by atoms with van der Waals surface area (Å²) < 4.78 is 20.2. The maximum atomic E-state index is 14.3. The van der Waals surface area contributed by atoms with Gasteiger partial charge in [-0.1, -0.05) is 56.9 Å². The Hall–Kier alpha value is -2.49. The molecule has 3 saturated heterocycles. The molecule has 3 amide bonds. The Labute approximate surface area is 252 Å². The molecule has 1 saturated carbocycles. The summed E-state index contributed by atoms with van der Waals surface area (Å²) in [7, 11) is 0. The van der Waals surface area contributed by atoms with Crippen LogP contribution in [0.5, 0.6) is 0 Å². The number of benzene rings is 1. The minimum Gasteiger partial charge on any atom is -0.359 e. The molecule has 42 heavy (non-hydrogen) atoms. The SMILES string of the molecule is C[C@H]1[C@H](C)CCC[C@@H]1NC(=O)[C@@H]1N(CCN2CCCC[C@@H]2C)C(=O)[C@@H]2[C@@H](C(=O)Nc3ccc(F)c(Cl)c3)[C@@H]3C=C[C@]21O3. The molecule has 10 heteroatoms. The third-order valence-electron chi connectivity index (χ3n) is 10.7. The molecule has 2 bridgehead atoms. The van der Waals surface area contributed by atoms with Crippen molar-refractivity contribution < 1.29 is 23.5 Å². The summed E-state index contributed by atoms with van der Waals surface area (Å²) in [4.78, 5) is 46.2. The van der Waals surface area contributed by atoms with Crippen molar-refractivity contribution in [1.82, 2.24) is 15.1 Å². The Bertz CT molecular complexity index is 1280. The number of likely N-dealkylation sites (tertiary alicyclic amines) is 2. The van der Waals surface area contributed by atoms with Gasteiger partial charge >= 0.3 is 0 Å².